The molecule has 206 valence electrons. The lowest BCUT2D eigenvalue weighted by atomic mass is 9.93. The molecule has 0 atom stereocenters. The van der Waals surface area contributed by atoms with Gasteiger partial charge in [0.15, 0.2) is 0 Å². The predicted octanol–water partition coefficient (Wildman–Crippen LogP) is 10.5. The first-order valence-electron chi connectivity index (χ1n) is 14.7. The smallest absolute Gasteiger partial charge is 0.0715 e. The van der Waals surface area contributed by atoms with Crippen molar-refractivity contribution < 1.29 is 0 Å². The summed E-state index contributed by atoms with van der Waals surface area (Å²) < 4.78 is 0. The summed E-state index contributed by atoms with van der Waals surface area (Å²) in [4.78, 5) is 14.2. The summed E-state index contributed by atoms with van der Waals surface area (Å²) >= 11 is 0. The van der Waals surface area contributed by atoms with Crippen LogP contribution in [0.25, 0.3) is 77.6 Å². The predicted molar refractivity (Wildman–Crippen MR) is 182 cm³/mol. The topological polar surface area (TPSA) is 38.7 Å². The third-order valence-electron chi connectivity index (χ3n) is 8.16. The van der Waals surface area contributed by atoms with Gasteiger partial charge >= 0.3 is 0 Å². The van der Waals surface area contributed by atoms with E-state index in [4.69, 9.17) is 4.98 Å². The second-order valence-electron chi connectivity index (χ2n) is 11.0. The van der Waals surface area contributed by atoms with Gasteiger partial charge in [-0.15, -0.1) is 0 Å². The molecule has 0 saturated heterocycles. The van der Waals surface area contributed by atoms with Crippen molar-refractivity contribution in [2.45, 2.75) is 0 Å². The maximum absolute atomic E-state index is 5.25. The first-order chi connectivity index (χ1) is 21.8. The molecular weight excluding hydrogens is 534 g/mol. The molecule has 8 aromatic rings. The minimum absolute atomic E-state index is 0.934. The molecule has 0 aliphatic heterocycles. The Kier molecular flexibility index (Phi) is 6.47. The molecule has 0 unspecified atom stereocenters. The Labute approximate surface area is 256 Å². The van der Waals surface area contributed by atoms with Crippen molar-refractivity contribution in [3.8, 4) is 56.0 Å². The monoisotopic (exact) mass is 561 g/mol. The fraction of sp³-hybridized carbons (Fsp3) is 0. The van der Waals surface area contributed by atoms with Crippen LogP contribution in [0.3, 0.4) is 0 Å². The highest BCUT2D eigenvalue weighted by molar-refractivity contribution is 5.90. The van der Waals surface area contributed by atoms with Crippen LogP contribution in [0.15, 0.2) is 164 Å². The number of pyridine rings is 3. The number of benzene rings is 5. The van der Waals surface area contributed by atoms with Gasteiger partial charge in [0.25, 0.3) is 0 Å². The first kappa shape index (κ1) is 25.8. The highest BCUT2D eigenvalue weighted by Crippen LogP contribution is 2.36. The van der Waals surface area contributed by atoms with Crippen molar-refractivity contribution in [3.63, 3.8) is 0 Å². The number of aromatic nitrogens is 3. The van der Waals surface area contributed by atoms with Gasteiger partial charge < -0.3 is 0 Å². The number of hydrogen-bond acceptors (Lipinski definition) is 3. The van der Waals surface area contributed by atoms with Gasteiger partial charge in [-0.25, -0.2) is 4.98 Å². The van der Waals surface area contributed by atoms with Gasteiger partial charge in [0.1, 0.15) is 0 Å². The summed E-state index contributed by atoms with van der Waals surface area (Å²) in [5.74, 6) is 0. The fourth-order valence-electron chi connectivity index (χ4n) is 5.88. The minimum Gasteiger partial charge on any atom is -0.265 e. The molecule has 5 aromatic carbocycles. The Balaban J connectivity index is 1.36. The summed E-state index contributed by atoms with van der Waals surface area (Å²) in [6.45, 7) is 0. The van der Waals surface area contributed by atoms with Gasteiger partial charge in [-0.2, -0.15) is 0 Å². The van der Waals surface area contributed by atoms with Crippen LogP contribution in [0.1, 0.15) is 0 Å². The van der Waals surface area contributed by atoms with Crippen molar-refractivity contribution in [3.05, 3.63) is 164 Å². The van der Waals surface area contributed by atoms with E-state index < -0.39 is 0 Å². The van der Waals surface area contributed by atoms with Gasteiger partial charge in [0.05, 0.1) is 17.1 Å². The number of rotatable bonds is 5. The van der Waals surface area contributed by atoms with Crippen LogP contribution in [0.5, 0.6) is 0 Å². The van der Waals surface area contributed by atoms with E-state index in [0.717, 1.165) is 56.0 Å². The Hall–Kier alpha value is -5.93. The van der Waals surface area contributed by atoms with Crippen molar-refractivity contribution in [1.29, 1.82) is 0 Å². The number of fused-ring (bicyclic) bond motifs is 2. The molecule has 3 aromatic heterocycles. The normalized spacial score (nSPS) is 11.2. The molecule has 0 fully saturated rings. The van der Waals surface area contributed by atoms with Crippen LogP contribution >= 0.6 is 0 Å². The molecule has 0 aliphatic rings. The van der Waals surface area contributed by atoms with Crippen LogP contribution in [-0.4, -0.2) is 15.0 Å². The van der Waals surface area contributed by atoms with Crippen molar-refractivity contribution in [2.75, 3.05) is 0 Å². The average Bonchev–Trinajstić information content (AvgIpc) is 3.11. The maximum Gasteiger partial charge on any atom is 0.0715 e. The van der Waals surface area contributed by atoms with E-state index in [9.17, 15) is 0 Å². The molecule has 8 rings (SSSR count). The van der Waals surface area contributed by atoms with Gasteiger partial charge in [0.2, 0.25) is 0 Å². The summed E-state index contributed by atoms with van der Waals surface area (Å²) in [5, 5.41) is 4.82. The average molecular weight is 562 g/mol. The highest BCUT2D eigenvalue weighted by Gasteiger charge is 2.13. The van der Waals surface area contributed by atoms with Crippen LogP contribution in [-0.2, 0) is 0 Å². The van der Waals surface area contributed by atoms with Gasteiger partial charge in [-0.05, 0) is 111 Å². The van der Waals surface area contributed by atoms with Crippen LogP contribution in [0, 0.1) is 0 Å². The van der Waals surface area contributed by atoms with Crippen molar-refractivity contribution in [2.24, 2.45) is 0 Å². The molecule has 0 saturated carbocycles. The Morgan fingerprint density at radius 2 is 0.818 bits per heavy atom. The van der Waals surface area contributed by atoms with E-state index in [-0.39, 0.29) is 0 Å². The van der Waals surface area contributed by atoms with Crippen molar-refractivity contribution >= 4 is 21.5 Å². The lowest BCUT2D eigenvalue weighted by molar-refractivity contribution is 1.31. The second kappa shape index (κ2) is 11.0. The molecule has 3 nitrogen and oxygen atoms in total. The van der Waals surface area contributed by atoms with Crippen LogP contribution in [0.4, 0.5) is 0 Å². The summed E-state index contributed by atoms with van der Waals surface area (Å²) in [5.41, 5.74) is 10.5. The minimum atomic E-state index is 0.934. The third-order valence-corrected chi connectivity index (χ3v) is 8.16. The Morgan fingerprint density at radius 1 is 0.295 bits per heavy atom. The van der Waals surface area contributed by atoms with E-state index in [1.54, 1.807) is 0 Å². The van der Waals surface area contributed by atoms with E-state index >= 15 is 0 Å². The van der Waals surface area contributed by atoms with Crippen molar-refractivity contribution in [1.82, 2.24) is 15.0 Å². The molecule has 0 bridgehead atoms. The standard InChI is InChI=1S/C41H27N3/c1-3-9-31-21-33(14-12-28(31)7-1)40-26-37(27-41(44-40)34-15-13-29-8-2-4-10-32(29)22-34)36-23-35(30-16-19-42-20-17-30)24-38(25-36)39-11-5-6-18-43-39/h1-27H. The van der Waals surface area contributed by atoms with Crippen LogP contribution < -0.4 is 0 Å². The Bertz CT molecular complexity index is 2120. The molecule has 3 heterocycles. The molecule has 0 aliphatic carbocycles. The SMILES string of the molecule is c1ccc(-c2cc(-c3ccncc3)cc(-c3cc(-c4ccc5ccccc5c4)nc(-c4ccc5ccccc5c4)c3)c2)nc1. The van der Waals surface area contributed by atoms with Crippen LogP contribution in [0.2, 0.25) is 0 Å². The zero-order valence-electron chi connectivity index (χ0n) is 23.9. The molecule has 0 amide bonds. The van der Waals surface area contributed by atoms with E-state index in [1.807, 2.05) is 30.7 Å². The lowest BCUT2D eigenvalue weighted by Crippen LogP contribution is -1.93. The maximum atomic E-state index is 5.25. The fourth-order valence-corrected chi connectivity index (χ4v) is 5.88. The molecular formula is C41H27N3. The molecule has 0 radical (unpaired) electrons. The quantitative estimate of drug-likeness (QED) is 0.210. The largest absolute Gasteiger partial charge is 0.265 e. The van der Waals surface area contributed by atoms with E-state index in [1.165, 1.54) is 21.5 Å². The molecule has 3 heteroatoms. The lowest BCUT2D eigenvalue weighted by Gasteiger charge is -2.14. The molecule has 0 N–H and O–H groups in total. The highest BCUT2D eigenvalue weighted by atomic mass is 14.7. The van der Waals surface area contributed by atoms with Gasteiger partial charge in [-0.3, -0.25) is 9.97 Å². The molecule has 0 spiro atoms. The number of hydrogen-bond donors (Lipinski definition) is 0. The summed E-state index contributed by atoms with van der Waals surface area (Å²) in [6, 6.07) is 51.4. The Morgan fingerprint density at radius 3 is 1.41 bits per heavy atom. The molecule has 44 heavy (non-hydrogen) atoms. The van der Waals surface area contributed by atoms with Gasteiger partial charge in [-0.1, -0.05) is 78.9 Å². The third kappa shape index (κ3) is 5.01. The van der Waals surface area contributed by atoms with E-state index in [2.05, 4.69) is 143 Å². The number of nitrogens with zero attached hydrogens (tertiary/aromatic N) is 3. The summed E-state index contributed by atoms with van der Waals surface area (Å²) in [6.07, 6.45) is 5.52. The summed E-state index contributed by atoms with van der Waals surface area (Å²) in [7, 11) is 0. The second-order valence-corrected chi connectivity index (χ2v) is 11.0. The first-order valence-corrected chi connectivity index (χ1v) is 14.7. The zero-order chi connectivity index (χ0) is 29.3. The van der Waals surface area contributed by atoms with E-state index in [0.29, 0.717) is 0 Å². The zero-order valence-corrected chi connectivity index (χ0v) is 23.9. The van der Waals surface area contributed by atoms with Gasteiger partial charge in [0, 0.05) is 35.3 Å².